The van der Waals surface area contributed by atoms with Gasteiger partial charge in [0.15, 0.2) is 0 Å². The number of carbonyl (C=O) groups excluding carboxylic acids is 2. The summed E-state index contributed by atoms with van der Waals surface area (Å²) in [7, 11) is 0. The summed E-state index contributed by atoms with van der Waals surface area (Å²) in [5.74, 6) is 0.0685. The zero-order valence-corrected chi connectivity index (χ0v) is 14.5. The topological polar surface area (TPSA) is 80.3 Å². The van der Waals surface area contributed by atoms with Gasteiger partial charge in [-0.2, -0.15) is 0 Å². The van der Waals surface area contributed by atoms with Crippen molar-refractivity contribution in [1.29, 1.82) is 0 Å². The minimum Gasteiger partial charge on any atom is -0.492 e. The summed E-state index contributed by atoms with van der Waals surface area (Å²) in [6.07, 6.45) is 3.77. The van der Waals surface area contributed by atoms with Gasteiger partial charge in [0.2, 0.25) is 11.8 Å². The molecule has 0 fully saturated rings. The molecular formula is C19H23N3O3. The molecule has 0 unspecified atom stereocenters. The van der Waals surface area contributed by atoms with E-state index in [1.54, 1.807) is 18.5 Å². The van der Waals surface area contributed by atoms with E-state index in [4.69, 9.17) is 4.74 Å². The van der Waals surface area contributed by atoms with Crippen LogP contribution in [-0.2, 0) is 9.59 Å². The molecule has 25 heavy (non-hydrogen) atoms. The van der Waals surface area contributed by atoms with E-state index in [-0.39, 0.29) is 18.2 Å². The molecule has 0 aliphatic rings. The Morgan fingerprint density at radius 2 is 1.88 bits per heavy atom. The van der Waals surface area contributed by atoms with Crippen LogP contribution in [0.2, 0.25) is 0 Å². The van der Waals surface area contributed by atoms with Crippen molar-refractivity contribution < 1.29 is 14.3 Å². The average Bonchev–Trinajstić information content (AvgIpc) is 2.54. The Morgan fingerprint density at radius 3 is 2.56 bits per heavy atom. The highest BCUT2D eigenvalue weighted by Gasteiger charge is 2.09. The molecule has 0 saturated carbocycles. The zero-order valence-electron chi connectivity index (χ0n) is 14.5. The lowest BCUT2D eigenvalue weighted by Crippen LogP contribution is -2.29. The molecule has 1 heterocycles. The second kappa shape index (κ2) is 9.42. The van der Waals surface area contributed by atoms with Gasteiger partial charge in [-0.25, -0.2) is 0 Å². The Balaban J connectivity index is 1.63. The smallest absolute Gasteiger partial charge is 0.233 e. The molecule has 0 atom stereocenters. The molecule has 0 bridgehead atoms. The molecule has 0 aliphatic heterocycles. The standard InChI is InChI=1S/C19H23N3O3/c1-14-9-15(2)11-16(10-14)22-19(24)12-18(23)21-7-4-8-25-17-5-3-6-20-13-17/h3,5-6,9-11,13H,4,7-8,12H2,1-2H3,(H,21,23)(H,22,24). The van der Waals surface area contributed by atoms with Crippen LogP contribution < -0.4 is 15.4 Å². The van der Waals surface area contributed by atoms with Gasteiger partial charge in [0, 0.05) is 18.4 Å². The van der Waals surface area contributed by atoms with Gasteiger partial charge < -0.3 is 15.4 Å². The normalized spacial score (nSPS) is 10.2. The first kappa shape index (κ1) is 18.4. The molecule has 6 nitrogen and oxygen atoms in total. The first-order chi connectivity index (χ1) is 12.0. The van der Waals surface area contributed by atoms with Crippen molar-refractivity contribution in [1.82, 2.24) is 10.3 Å². The maximum atomic E-state index is 11.9. The fourth-order valence-electron chi connectivity index (χ4n) is 2.38. The largest absolute Gasteiger partial charge is 0.492 e. The van der Waals surface area contributed by atoms with E-state index >= 15 is 0 Å². The first-order valence-electron chi connectivity index (χ1n) is 8.20. The number of aromatic nitrogens is 1. The van der Waals surface area contributed by atoms with Crippen LogP contribution in [0.4, 0.5) is 5.69 Å². The molecule has 2 rings (SSSR count). The predicted octanol–water partition coefficient (Wildman–Crippen LogP) is 2.61. The molecule has 1 aromatic heterocycles. The Kier molecular flexibility index (Phi) is 6.95. The van der Waals surface area contributed by atoms with Gasteiger partial charge in [0.1, 0.15) is 12.2 Å². The van der Waals surface area contributed by atoms with E-state index in [1.807, 2.05) is 38.1 Å². The van der Waals surface area contributed by atoms with E-state index in [2.05, 4.69) is 15.6 Å². The zero-order chi connectivity index (χ0) is 18.1. The molecule has 1 aromatic carbocycles. The van der Waals surface area contributed by atoms with Crippen LogP contribution in [-0.4, -0.2) is 29.9 Å². The van der Waals surface area contributed by atoms with Gasteiger partial charge in [-0.1, -0.05) is 6.07 Å². The monoisotopic (exact) mass is 341 g/mol. The summed E-state index contributed by atoms with van der Waals surface area (Å²) < 4.78 is 5.48. The third-order valence-electron chi connectivity index (χ3n) is 3.37. The number of nitrogens with one attached hydrogen (secondary N) is 2. The molecule has 0 aliphatic carbocycles. The number of hydrogen-bond acceptors (Lipinski definition) is 4. The summed E-state index contributed by atoms with van der Waals surface area (Å²) in [5, 5.41) is 5.46. The highest BCUT2D eigenvalue weighted by Crippen LogP contribution is 2.13. The number of ether oxygens (including phenoxy) is 1. The minimum atomic E-state index is -0.325. The maximum Gasteiger partial charge on any atom is 0.233 e. The number of carbonyl (C=O) groups is 2. The summed E-state index contributed by atoms with van der Waals surface area (Å²) in [6, 6.07) is 9.39. The van der Waals surface area contributed by atoms with Crippen molar-refractivity contribution in [3.8, 4) is 5.75 Å². The predicted molar refractivity (Wildman–Crippen MR) is 96.5 cm³/mol. The average molecular weight is 341 g/mol. The van der Waals surface area contributed by atoms with Crippen LogP contribution in [0.1, 0.15) is 24.0 Å². The Hall–Kier alpha value is -2.89. The molecule has 0 saturated heterocycles. The van der Waals surface area contributed by atoms with Gasteiger partial charge in [0.05, 0.1) is 12.8 Å². The third-order valence-corrected chi connectivity index (χ3v) is 3.37. The highest BCUT2D eigenvalue weighted by molar-refractivity contribution is 6.03. The minimum absolute atomic E-state index is 0.198. The highest BCUT2D eigenvalue weighted by atomic mass is 16.5. The number of hydrogen-bond donors (Lipinski definition) is 2. The van der Waals surface area contributed by atoms with Gasteiger partial charge in [-0.05, 0) is 55.7 Å². The summed E-state index contributed by atoms with van der Waals surface area (Å²) in [4.78, 5) is 27.7. The van der Waals surface area contributed by atoms with Gasteiger partial charge in [-0.3, -0.25) is 14.6 Å². The second-order valence-electron chi connectivity index (χ2n) is 5.84. The number of nitrogens with zero attached hydrogens (tertiary/aromatic N) is 1. The lowest BCUT2D eigenvalue weighted by atomic mass is 10.1. The number of aryl methyl sites for hydroxylation is 2. The van der Waals surface area contributed by atoms with E-state index in [0.29, 0.717) is 31.0 Å². The Morgan fingerprint density at radius 1 is 1.12 bits per heavy atom. The van der Waals surface area contributed by atoms with Crippen molar-refractivity contribution in [3.05, 3.63) is 53.9 Å². The maximum absolute atomic E-state index is 11.9. The van der Waals surface area contributed by atoms with Crippen molar-refractivity contribution in [3.63, 3.8) is 0 Å². The van der Waals surface area contributed by atoms with Gasteiger partial charge in [0.25, 0.3) is 0 Å². The lowest BCUT2D eigenvalue weighted by Gasteiger charge is -2.09. The summed E-state index contributed by atoms with van der Waals surface area (Å²) in [5.41, 5.74) is 2.84. The lowest BCUT2D eigenvalue weighted by molar-refractivity contribution is -0.126. The molecule has 6 heteroatoms. The summed E-state index contributed by atoms with van der Waals surface area (Å²) in [6.45, 7) is 4.85. The fraction of sp³-hybridized carbons (Fsp3) is 0.316. The van der Waals surface area contributed by atoms with Crippen LogP contribution >= 0.6 is 0 Å². The molecular weight excluding hydrogens is 318 g/mol. The number of amides is 2. The van der Waals surface area contributed by atoms with Crippen molar-refractivity contribution in [2.24, 2.45) is 0 Å². The van der Waals surface area contributed by atoms with E-state index in [9.17, 15) is 9.59 Å². The SMILES string of the molecule is Cc1cc(C)cc(NC(=O)CC(=O)NCCCOc2cccnc2)c1. The van der Waals surface area contributed by atoms with Crippen molar-refractivity contribution in [2.45, 2.75) is 26.7 Å². The number of benzene rings is 1. The molecule has 2 amide bonds. The Bertz CT molecular complexity index is 697. The van der Waals surface area contributed by atoms with Gasteiger partial charge in [-0.15, -0.1) is 0 Å². The second-order valence-corrected chi connectivity index (χ2v) is 5.84. The van der Waals surface area contributed by atoms with Crippen molar-refractivity contribution >= 4 is 17.5 Å². The molecule has 132 valence electrons. The Labute approximate surface area is 147 Å². The molecule has 0 radical (unpaired) electrons. The van der Waals surface area contributed by atoms with Crippen LogP contribution in [0.15, 0.2) is 42.7 Å². The first-order valence-corrected chi connectivity index (χ1v) is 8.20. The summed E-state index contributed by atoms with van der Waals surface area (Å²) >= 11 is 0. The fourth-order valence-corrected chi connectivity index (χ4v) is 2.38. The van der Waals surface area contributed by atoms with Crippen LogP contribution in [0.5, 0.6) is 5.75 Å². The third kappa shape index (κ3) is 7.03. The van der Waals surface area contributed by atoms with E-state index in [0.717, 1.165) is 11.1 Å². The molecule has 0 spiro atoms. The van der Waals surface area contributed by atoms with Crippen LogP contribution in [0, 0.1) is 13.8 Å². The van der Waals surface area contributed by atoms with E-state index < -0.39 is 0 Å². The molecule has 2 aromatic rings. The van der Waals surface area contributed by atoms with E-state index in [1.165, 1.54) is 0 Å². The van der Waals surface area contributed by atoms with Gasteiger partial charge >= 0.3 is 0 Å². The number of rotatable bonds is 8. The van der Waals surface area contributed by atoms with Crippen molar-refractivity contribution in [2.75, 3.05) is 18.5 Å². The van der Waals surface area contributed by atoms with Crippen LogP contribution in [0.3, 0.4) is 0 Å². The number of anilines is 1. The quantitative estimate of drug-likeness (QED) is 0.571. The van der Waals surface area contributed by atoms with Crippen LogP contribution in [0.25, 0.3) is 0 Å². The number of pyridine rings is 1. The molecule has 2 N–H and O–H groups in total.